The summed E-state index contributed by atoms with van der Waals surface area (Å²) in [6.45, 7) is 4.73. The van der Waals surface area contributed by atoms with E-state index in [0.717, 1.165) is 25.2 Å². The molecule has 0 aromatic rings. The van der Waals surface area contributed by atoms with Gasteiger partial charge in [0.25, 0.3) is 0 Å². The molecule has 0 aliphatic carbocycles. The zero-order valence-electron chi connectivity index (χ0n) is 9.73. The molecular formula is C12H25N3. The van der Waals surface area contributed by atoms with Gasteiger partial charge in [0, 0.05) is 25.2 Å². The molecule has 0 aromatic carbocycles. The summed E-state index contributed by atoms with van der Waals surface area (Å²) in [5, 5.41) is 10.7. The van der Waals surface area contributed by atoms with Gasteiger partial charge in [0.05, 0.1) is 0 Å². The van der Waals surface area contributed by atoms with E-state index in [9.17, 15) is 0 Å². The highest BCUT2D eigenvalue weighted by molar-refractivity contribution is 4.78. The molecule has 3 heteroatoms. The van der Waals surface area contributed by atoms with Crippen LogP contribution in [0, 0.1) is 0 Å². The fourth-order valence-electron chi connectivity index (χ4n) is 2.63. The van der Waals surface area contributed by atoms with Crippen LogP contribution in [0.3, 0.4) is 0 Å². The highest BCUT2D eigenvalue weighted by Gasteiger charge is 2.14. The van der Waals surface area contributed by atoms with Crippen molar-refractivity contribution < 1.29 is 0 Å². The quantitative estimate of drug-likeness (QED) is 0.645. The van der Waals surface area contributed by atoms with Crippen molar-refractivity contribution in [3.05, 3.63) is 0 Å². The summed E-state index contributed by atoms with van der Waals surface area (Å²) in [5.74, 6) is 0. The fourth-order valence-corrected chi connectivity index (χ4v) is 2.63. The van der Waals surface area contributed by atoms with E-state index in [2.05, 4.69) is 16.0 Å². The van der Waals surface area contributed by atoms with Crippen molar-refractivity contribution in [2.45, 2.75) is 50.6 Å². The molecule has 3 nitrogen and oxygen atoms in total. The van der Waals surface area contributed by atoms with Crippen LogP contribution in [-0.4, -0.2) is 38.3 Å². The second-order valence-electron chi connectivity index (χ2n) is 4.95. The average molecular weight is 211 g/mol. The molecule has 0 aromatic heterocycles. The van der Waals surface area contributed by atoms with Crippen LogP contribution in [-0.2, 0) is 0 Å². The monoisotopic (exact) mass is 211 g/mol. The third-order valence-corrected chi connectivity index (χ3v) is 3.61. The zero-order chi connectivity index (χ0) is 10.3. The van der Waals surface area contributed by atoms with Gasteiger partial charge >= 0.3 is 0 Å². The lowest BCUT2D eigenvalue weighted by Gasteiger charge is -2.27. The smallest absolute Gasteiger partial charge is 0.0192 e. The Morgan fingerprint density at radius 1 is 0.800 bits per heavy atom. The molecule has 0 bridgehead atoms. The van der Waals surface area contributed by atoms with Crippen LogP contribution < -0.4 is 16.0 Å². The van der Waals surface area contributed by atoms with E-state index in [4.69, 9.17) is 0 Å². The first-order chi connectivity index (χ1) is 7.45. The number of nitrogens with one attached hydrogen (secondary N) is 3. The Bertz CT molecular complexity index is 142. The second-order valence-corrected chi connectivity index (χ2v) is 4.95. The molecule has 0 saturated carbocycles. The molecule has 2 aliphatic rings. The second kappa shape index (κ2) is 6.46. The van der Waals surface area contributed by atoms with Gasteiger partial charge in [-0.1, -0.05) is 12.8 Å². The summed E-state index contributed by atoms with van der Waals surface area (Å²) in [6.07, 6.45) is 8.24. The lowest BCUT2D eigenvalue weighted by Crippen LogP contribution is -2.47. The van der Waals surface area contributed by atoms with Gasteiger partial charge in [-0.2, -0.15) is 0 Å². The van der Waals surface area contributed by atoms with Crippen molar-refractivity contribution in [2.75, 3.05) is 26.2 Å². The molecule has 15 heavy (non-hydrogen) atoms. The average Bonchev–Trinajstić information content (AvgIpc) is 2.32. The normalized spacial score (nSPS) is 32.8. The molecule has 2 atom stereocenters. The van der Waals surface area contributed by atoms with Crippen molar-refractivity contribution in [2.24, 2.45) is 0 Å². The molecule has 2 saturated heterocycles. The summed E-state index contributed by atoms with van der Waals surface area (Å²) >= 11 is 0. The molecule has 2 heterocycles. The Labute approximate surface area is 93.4 Å². The topological polar surface area (TPSA) is 36.1 Å². The third-order valence-electron chi connectivity index (χ3n) is 3.61. The minimum absolute atomic E-state index is 0.724. The minimum atomic E-state index is 0.724. The molecule has 88 valence electrons. The minimum Gasteiger partial charge on any atom is -0.314 e. The van der Waals surface area contributed by atoms with Gasteiger partial charge in [0.1, 0.15) is 0 Å². The summed E-state index contributed by atoms with van der Waals surface area (Å²) < 4.78 is 0. The molecule has 2 aliphatic heterocycles. The van der Waals surface area contributed by atoms with Crippen LogP contribution in [0.15, 0.2) is 0 Å². The van der Waals surface area contributed by atoms with Gasteiger partial charge in [-0.3, -0.25) is 0 Å². The first kappa shape index (κ1) is 11.4. The maximum atomic E-state index is 3.60. The molecular weight excluding hydrogens is 186 g/mol. The van der Waals surface area contributed by atoms with Gasteiger partial charge in [0.15, 0.2) is 0 Å². The molecule has 0 spiro atoms. The van der Waals surface area contributed by atoms with Crippen molar-refractivity contribution in [3.8, 4) is 0 Å². The van der Waals surface area contributed by atoms with E-state index in [1.165, 1.54) is 51.6 Å². The maximum Gasteiger partial charge on any atom is 0.0192 e. The molecule has 3 N–H and O–H groups in total. The molecule has 0 amide bonds. The van der Waals surface area contributed by atoms with Crippen LogP contribution in [0.25, 0.3) is 0 Å². The number of hydrogen-bond acceptors (Lipinski definition) is 3. The lowest BCUT2D eigenvalue weighted by molar-refractivity contribution is 0.350. The standard InChI is InChI=1S/C12H25N3/c1-3-7-14-11(5-1)9-13-10-12-6-2-4-8-15-12/h11-15H,1-10H2/t11-,12-/m1/s1. The number of piperidine rings is 2. The van der Waals surface area contributed by atoms with E-state index < -0.39 is 0 Å². The van der Waals surface area contributed by atoms with Crippen LogP contribution >= 0.6 is 0 Å². The first-order valence-electron chi connectivity index (χ1n) is 6.62. The first-order valence-corrected chi connectivity index (χ1v) is 6.62. The summed E-state index contributed by atoms with van der Waals surface area (Å²) in [4.78, 5) is 0. The van der Waals surface area contributed by atoms with Crippen molar-refractivity contribution in [3.63, 3.8) is 0 Å². The van der Waals surface area contributed by atoms with Crippen LogP contribution in [0.2, 0.25) is 0 Å². The Morgan fingerprint density at radius 3 is 1.73 bits per heavy atom. The van der Waals surface area contributed by atoms with Crippen molar-refractivity contribution in [1.29, 1.82) is 0 Å². The summed E-state index contributed by atoms with van der Waals surface area (Å²) in [7, 11) is 0. The zero-order valence-corrected chi connectivity index (χ0v) is 9.73. The molecule has 0 radical (unpaired) electrons. The Kier molecular flexibility index (Phi) is 4.90. The Balaban J connectivity index is 1.53. The number of hydrogen-bond donors (Lipinski definition) is 3. The summed E-state index contributed by atoms with van der Waals surface area (Å²) in [5.41, 5.74) is 0. The van der Waals surface area contributed by atoms with E-state index in [0.29, 0.717) is 0 Å². The van der Waals surface area contributed by atoms with Crippen LogP contribution in [0.4, 0.5) is 0 Å². The van der Waals surface area contributed by atoms with E-state index in [1.54, 1.807) is 0 Å². The van der Waals surface area contributed by atoms with Gasteiger partial charge in [-0.15, -0.1) is 0 Å². The maximum absolute atomic E-state index is 3.60. The SMILES string of the molecule is C1CC[C@H](CNC[C@H]2CCCCN2)NC1. The van der Waals surface area contributed by atoms with Crippen LogP contribution in [0.1, 0.15) is 38.5 Å². The van der Waals surface area contributed by atoms with Crippen molar-refractivity contribution >= 4 is 0 Å². The Morgan fingerprint density at radius 2 is 1.33 bits per heavy atom. The van der Waals surface area contributed by atoms with Gasteiger partial charge < -0.3 is 16.0 Å². The third kappa shape index (κ3) is 4.09. The predicted molar refractivity (Wildman–Crippen MR) is 64.2 cm³/mol. The highest BCUT2D eigenvalue weighted by Crippen LogP contribution is 2.07. The molecule has 2 fully saturated rings. The largest absolute Gasteiger partial charge is 0.314 e. The molecule has 0 unspecified atom stereocenters. The molecule has 2 rings (SSSR count). The number of rotatable bonds is 4. The van der Waals surface area contributed by atoms with Crippen molar-refractivity contribution in [1.82, 2.24) is 16.0 Å². The van der Waals surface area contributed by atoms with E-state index in [1.807, 2.05) is 0 Å². The van der Waals surface area contributed by atoms with E-state index >= 15 is 0 Å². The van der Waals surface area contributed by atoms with Crippen LogP contribution in [0.5, 0.6) is 0 Å². The predicted octanol–water partition coefficient (Wildman–Crippen LogP) is 0.860. The van der Waals surface area contributed by atoms with E-state index in [-0.39, 0.29) is 0 Å². The highest BCUT2D eigenvalue weighted by atomic mass is 15.0. The van der Waals surface area contributed by atoms with Gasteiger partial charge in [0.2, 0.25) is 0 Å². The fraction of sp³-hybridized carbons (Fsp3) is 1.00. The Hall–Kier alpha value is -0.120. The van der Waals surface area contributed by atoms with Gasteiger partial charge in [-0.05, 0) is 38.8 Å². The van der Waals surface area contributed by atoms with Gasteiger partial charge in [-0.25, -0.2) is 0 Å². The lowest BCUT2D eigenvalue weighted by atomic mass is 10.0. The summed E-state index contributed by atoms with van der Waals surface area (Å²) in [6, 6.07) is 1.45.